The number of alkyl halides is 2. The van der Waals surface area contributed by atoms with Gasteiger partial charge in [-0.2, -0.15) is 0 Å². The molecule has 2 aromatic carbocycles. The monoisotopic (exact) mass is 530 g/mol. The zero-order chi connectivity index (χ0) is 20.5. The molecule has 5 heteroatoms. The fraction of sp³-hybridized carbons (Fsp3) is 0.333. The number of fused-ring (bicyclic) bond motifs is 2. The average Bonchev–Trinajstić information content (AvgIpc) is 2.97. The predicted molar refractivity (Wildman–Crippen MR) is 128 cm³/mol. The molecule has 2 aliphatic carbocycles. The Hall–Kier alpha value is -0.183. The third-order valence-corrected chi connectivity index (χ3v) is 12.0. The average molecular weight is 533 g/mol. The molecular weight excluding hydrogens is 507 g/mol. The van der Waals surface area contributed by atoms with E-state index in [4.69, 9.17) is 23.2 Å². The van der Waals surface area contributed by atoms with Crippen molar-refractivity contribution in [3.05, 3.63) is 81.9 Å². The number of benzene rings is 2. The van der Waals surface area contributed by atoms with Crippen LogP contribution in [0.2, 0.25) is 19.6 Å². The summed E-state index contributed by atoms with van der Waals surface area (Å²) in [5.74, 6) is 0. The molecule has 29 heavy (non-hydrogen) atoms. The first-order valence-corrected chi connectivity index (χ1v) is 15.0. The Balaban J connectivity index is 0.00000240. The minimum Gasteiger partial charge on any atom is -0.114 e. The second kappa shape index (κ2) is 7.75. The Morgan fingerprint density at radius 3 is 1.72 bits per heavy atom. The predicted octanol–water partition coefficient (Wildman–Crippen LogP) is 7.34. The molecule has 2 radical (unpaired) electrons. The zero-order valence-electron chi connectivity index (χ0n) is 17.9. The van der Waals surface area contributed by atoms with Crippen LogP contribution in [0.5, 0.6) is 0 Å². The summed E-state index contributed by atoms with van der Waals surface area (Å²) < 4.78 is -1.10. The van der Waals surface area contributed by atoms with Crippen LogP contribution >= 0.6 is 23.2 Å². The van der Waals surface area contributed by atoms with Gasteiger partial charge in [0.1, 0.15) is 9.52 Å². The number of allylic oxidation sites excluding steroid dienone is 3. The molecular formula is C24H26Cl2Si2Zr. The van der Waals surface area contributed by atoms with Gasteiger partial charge in [0.25, 0.3) is 0 Å². The summed E-state index contributed by atoms with van der Waals surface area (Å²) in [6.07, 6.45) is 0. The summed E-state index contributed by atoms with van der Waals surface area (Å²) in [6, 6.07) is 17.2. The van der Waals surface area contributed by atoms with Gasteiger partial charge in [0.05, 0.1) is 17.1 Å². The van der Waals surface area contributed by atoms with Crippen molar-refractivity contribution in [1.29, 1.82) is 0 Å². The topological polar surface area (TPSA) is 0 Å². The fourth-order valence-corrected chi connectivity index (χ4v) is 10.8. The van der Waals surface area contributed by atoms with E-state index >= 15 is 0 Å². The van der Waals surface area contributed by atoms with Gasteiger partial charge in [-0.1, -0.05) is 78.9 Å². The Morgan fingerprint density at radius 2 is 1.17 bits per heavy atom. The van der Waals surface area contributed by atoms with Crippen LogP contribution in [0.25, 0.3) is 10.8 Å². The second-order valence-electron chi connectivity index (χ2n) is 9.03. The first kappa shape index (κ1) is 23.5. The molecule has 4 rings (SSSR count). The van der Waals surface area contributed by atoms with E-state index in [0.29, 0.717) is 9.52 Å². The minimum atomic E-state index is -1.57. The molecule has 2 aromatic rings. The molecule has 0 amide bonds. The van der Waals surface area contributed by atoms with E-state index in [-0.39, 0.29) is 26.2 Å². The van der Waals surface area contributed by atoms with Gasteiger partial charge in [-0.05, 0) is 54.2 Å². The molecule has 0 saturated carbocycles. The molecule has 0 nitrogen and oxygen atoms in total. The van der Waals surface area contributed by atoms with Crippen LogP contribution in [0.15, 0.2) is 59.7 Å². The van der Waals surface area contributed by atoms with Crippen molar-refractivity contribution in [2.75, 3.05) is 0 Å². The van der Waals surface area contributed by atoms with Crippen LogP contribution in [0, 0.1) is 0 Å². The zero-order valence-corrected chi connectivity index (χ0v) is 23.8. The quantitative estimate of drug-likeness (QED) is 0.287. The Bertz CT molecular complexity index is 1050. The van der Waals surface area contributed by atoms with Crippen molar-refractivity contribution in [3.63, 3.8) is 0 Å². The minimum absolute atomic E-state index is 0. The van der Waals surface area contributed by atoms with E-state index in [0.717, 1.165) is 0 Å². The number of rotatable bonds is 3. The SMILES string of the molecule is CC1=C(C)C(Cl)([Si]C2(Cl)C(C)=C([Si](C)(C)C)c3ccccc32)c2ccccc21.[Zr]. The Kier molecular flexibility index (Phi) is 6.27. The molecule has 2 atom stereocenters. The van der Waals surface area contributed by atoms with Gasteiger partial charge >= 0.3 is 0 Å². The summed E-state index contributed by atoms with van der Waals surface area (Å²) in [4.78, 5) is 0. The summed E-state index contributed by atoms with van der Waals surface area (Å²) in [5, 5.41) is 1.50. The summed E-state index contributed by atoms with van der Waals surface area (Å²) in [7, 11) is -1.24. The van der Waals surface area contributed by atoms with Crippen LogP contribution < -0.4 is 0 Å². The fourth-order valence-electron chi connectivity index (χ4n) is 4.88. The molecule has 0 bridgehead atoms. The smallest absolute Gasteiger partial charge is 0.114 e. The molecule has 0 saturated heterocycles. The van der Waals surface area contributed by atoms with Gasteiger partial charge in [0.15, 0.2) is 0 Å². The van der Waals surface area contributed by atoms with E-state index in [1.54, 1.807) is 0 Å². The molecule has 148 valence electrons. The van der Waals surface area contributed by atoms with Crippen molar-refractivity contribution in [1.82, 2.24) is 0 Å². The van der Waals surface area contributed by atoms with Crippen LogP contribution in [-0.2, 0) is 35.2 Å². The van der Waals surface area contributed by atoms with Crippen molar-refractivity contribution < 1.29 is 26.2 Å². The van der Waals surface area contributed by atoms with Crippen molar-refractivity contribution >= 4 is 51.6 Å². The molecule has 2 unspecified atom stereocenters. The van der Waals surface area contributed by atoms with Gasteiger partial charge < -0.3 is 0 Å². The summed E-state index contributed by atoms with van der Waals surface area (Å²) in [6.45, 7) is 13.8. The van der Waals surface area contributed by atoms with Gasteiger partial charge in [-0.25, -0.2) is 0 Å². The molecule has 0 aliphatic heterocycles. The number of hydrogen-bond donors (Lipinski definition) is 0. The molecule has 2 aliphatic rings. The standard InChI is InChI=1S/C24H26Cl2Si2.Zr/c1-15-16(2)23(25,20-13-9-7-11-18(15)20)27-24(26)17(3)22(28(4,5)6)19-12-8-10-14-21(19)24;/h7-14H,1-6H3;. The Labute approximate surface area is 207 Å². The van der Waals surface area contributed by atoms with Gasteiger partial charge in [-0.15, -0.1) is 23.2 Å². The van der Waals surface area contributed by atoms with Gasteiger partial charge in [0, 0.05) is 26.2 Å². The van der Waals surface area contributed by atoms with E-state index in [2.05, 4.69) is 88.9 Å². The van der Waals surface area contributed by atoms with Crippen LogP contribution in [0.4, 0.5) is 0 Å². The third kappa shape index (κ3) is 3.40. The third-order valence-electron chi connectivity index (χ3n) is 6.34. The van der Waals surface area contributed by atoms with E-state index < -0.39 is 17.1 Å². The van der Waals surface area contributed by atoms with E-state index in [1.165, 1.54) is 44.2 Å². The largest absolute Gasteiger partial charge is 0.118 e. The van der Waals surface area contributed by atoms with Gasteiger partial charge in [-0.3, -0.25) is 0 Å². The summed E-state index contributed by atoms with van der Waals surface area (Å²) >= 11 is 15.0. The van der Waals surface area contributed by atoms with Gasteiger partial charge in [0.2, 0.25) is 0 Å². The number of halogens is 2. The number of hydrogen-bond acceptors (Lipinski definition) is 0. The second-order valence-corrected chi connectivity index (χ2v) is 17.6. The van der Waals surface area contributed by atoms with Crippen molar-refractivity contribution in [2.24, 2.45) is 0 Å². The maximum atomic E-state index is 7.57. The molecule has 0 aromatic heterocycles. The van der Waals surface area contributed by atoms with Crippen molar-refractivity contribution in [2.45, 2.75) is 49.4 Å². The maximum absolute atomic E-state index is 7.57. The van der Waals surface area contributed by atoms with Crippen LogP contribution in [0.3, 0.4) is 0 Å². The molecule has 0 spiro atoms. The first-order chi connectivity index (χ1) is 13.0. The van der Waals surface area contributed by atoms with Crippen LogP contribution in [0.1, 0.15) is 43.0 Å². The van der Waals surface area contributed by atoms with E-state index in [9.17, 15) is 0 Å². The molecule has 0 fully saturated rings. The van der Waals surface area contributed by atoms with Crippen molar-refractivity contribution in [3.8, 4) is 0 Å². The first-order valence-electron chi connectivity index (χ1n) is 9.78. The van der Waals surface area contributed by atoms with Crippen LogP contribution in [-0.4, -0.2) is 17.6 Å². The maximum Gasteiger partial charge on any atom is 0.118 e. The molecule has 0 N–H and O–H groups in total. The van der Waals surface area contributed by atoms with E-state index in [1.807, 2.05) is 0 Å². The normalized spacial score (nSPS) is 25.8. The Morgan fingerprint density at radius 1 is 0.724 bits per heavy atom. The molecule has 0 heterocycles. The summed E-state index contributed by atoms with van der Waals surface area (Å²) in [5.41, 5.74) is 8.88.